The minimum atomic E-state index is -1.73. The van der Waals surface area contributed by atoms with E-state index in [-0.39, 0.29) is 55.8 Å². The first-order valence-corrected chi connectivity index (χ1v) is 26.9. The van der Waals surface area contributed by atoms with Gasteiger partial charge in [0.25, 0.3) is 5.91 Å². The van der Waals surface area contributed by atoms with Gasteiger partial charge in [-0.1, -0.05) is 134 Å². The molecule has 0 radical (unpaired) electrons. The summed E-state index contributed by atoms with van der Waals surface area (Å²) in [5, 5.41) is 37.8. The molecule has 1 aliphatic heterocycles. The fourth-order valence-corrected chi connectivity index (χ4v) is 8.53. The largest absolute Gasteiger partial charge is 0.481 e. The lowest BCUT2D eigenvalue weighted by Crippen LogP contribution is -2.61. The molecule has 0 unspecified atom stereocenters. The van der Waals surface area contributed by atoms with E-state index < -0.39 is 133 Å². The number of ether oxygens (including phenoxy) is 1. The summed E-state index contributed by atoms with van der Waals surface area (Å²) in [5.74, 6) is -10.6. The number of carboxylic acid groups (broad SMARTS) is 2. The van der Waals surface area contributed by atoms with Crippen molar-refractivity contribution < 1.29 is 62.9 Å². The first-order valence-electron chi connectivity index (χ1n) is 26.9. The Morgan fingerprint density at radius 1 is 0.411 bits per heavy atom. The van der Waals surface area contributed by atoms with Crippen molar-refractivity contribution in [1.82, 2.24) is 37.2 Å². The van der Waals surface area contributed by atoms with Crippen LogP contribution >= 0.6 is 0 Å². The van der Waals surface area contributed by atoms with Crippen LogP contribution in [0.25, 0.3) is 0 Å². The van der Waals surface area contributed by atoms with Gasteiger partial charge in [-0.3, -0.25) is 43.2 Å². The van der Waals surface area contributed by atoms with Gasteiger partial charge in [0, 0.05) is 6.42 Å². The molecule has 0 spiro atoms. The van der Waals surface area contributed by atoms with Gasteiger partial charge < -0.3 is 52.2 Å². The molecular weight excluding hydrogens is 943 g/mol. The highest BCUT2D eigenvalue weighted by Gasteiger charge is 2.38. The zero-order valence-corrected chi connectivity index (χ0v) is 46.0. The lowest BCUT2D eigenvalue weighted by atomic mass is 9.98. The third-order valence-electron chi connectivity index (χ3n) is 12.4. The number of unbranched alkanes of at least 4 members (excludes halogenated alkanes) is 7. The Morgan fingerprint density at radius 2 is 0.781 bits per heavy atom. The van der Waals surface area contributed by atoms with E-state index in [9.17, 15) is 58.2 Å². The van der Waals surface area contributed by atoms with Crippen molar-refractivity contribution in [1.29, 1.82) is 0 Å². The van der Waals surface area contributed by atoms with E-state index in [1.54, 1.807) is 69.2 Å². The van der Waals surface area contributed by atoms with E-state index in [1.807, 2.05) is 0 Å². The zero-order chi connectivity index (χ0) is 55.5. The second-order valence-electron chi connectivity index (χ2n) is 22.4. The van der Waals surface area contributed by atoms with E-state index in [4.69, 9.17) is 4.74 Å². The highest BCUT2D eigenvalue weighted by molar-refractivity contribution is 5.99. The Morgan fingerprint density at radius 3 is 1.21 bits per heavy atom. The van der Waals surface area contributed by atoms with Crippen molar-refractivity contribution in [3.8, 4) is 0 Å². The van der Waals surface area contributed by atoms with Crippen LogP contribution in [0.5, 0.6) is 0 Å². The SMILES string of the molecule is CC(C)CCCCCCCCCC[C@H]1OC(=O)[C@H](CC(C)C)NC(=O)[C@@H](CC(C)C)NC(=O)[C@H](CC(=O)O)NC(=O)[C@H](C(C)C)NC(=O)[C@@H](CC(C)C)NC(=O)[C@H](CC(C)C)NC(=O)[C@H](CCC(=O)O)NC1=O. The molecule has 20 heteroatoms. The van der Waals surface area contributed by atoms with Crippen molar-refractivity contribution >= 4 is 59.3 Å². The lowest BCUT2D eigenvalue weighted by molar-refractivity contribution is -0.160. The predicted octanol–water partition coefficient (Wildman–Crippen LogP) is 5.04. The molecule has 73 heavy (non-hydrogen) atoms. The second kappa shape index (κ2) is 34.2. The van der Waals surface area contributed by atoms with Crippen LogP contribution in [0.1, 0.15) is 192 Å². The minimum absolute atomic E-state index is 0.0135. The topological polar surface area (TPSA) is 305 Å². The maximum atomic E-state index is 14.3. The van der Waals surface area contributed by atoms with Crippen LogP contribution in [0.3, 0.4) is 0 Å². The number of esters is 1. The number of carbonyl (C=O) groups excluding carboxylic acids is 8. The Balaban J connectivity index is 3.97. The number of cyclic esters (lactones) is 1. The van der Waals surface area contributed by atoms with Crippen LogP contribution < -0.4 is 37.2 Å². The van der Waals surface area contributed by atoms with Gasteiger partial charge in [-0.05, 0) is 80.5 Å². The fraction of sp³-hybridized carbons (Fsp3) is 0.811. The minimum Gasteiger partial charge on any atom is -0.481 e. The monoisotopic (exact) mass is 1040 g/mol. The molecule has 1 fully saturated rings. The Hall–Kier alpha value is -5.30. The van der Waals surface area contributed by atoms with Gasteiger partial charge in [-0.25, -0.2) is 4.79 Å². The molecule has 0 aromatic carbocycles. The summed E-state index contributed by atoms with van der Waals surface area (Å²) in [6, 6.07) is -9.88. The summed E-state index contributed by atoms with van der Waals surface area (Å²) in [6.45, 7) is 22.0. The van der Waals surface area contributed by atoms with Crippen molar-refractivity contribution in [2.75, 3.05) is 0 Å². The quantitative estimate of drug-likeness (QED) is 0.0428. The number of amides is 7. The van der Waals surface area contributed by atoms with Crippen LogP contribution in [0.4, 0.5) is 0 Å². The van der Waals surface area contributed by atoms with Crippen LogP contribution in [0.15, 0.2) is 0 Å². The van der Waals surface area contributed by atoms with Crippen LogP contribution in [-0.2, 0) is 52.7 Å². The average Bonchev–Trinajstić information content (AvgIpc) is 3.26. The molecule has 0 aromatic heterocycles. The zero-order valence-electron chi connectivity index (χ0n) is 46.0. The van der Waals surface area contributed by atoms with Crippen molar-refractivity contribution in [2.45, 2.75) is 241 Å². The maximum absolute atomic E-state index is 14.3. The Kier molecular flexibility index (Phi) is 30.8. The van der Waals surface area contributed by atoms with Crippen LogP contribution in [0.2, 0.25) is 0 Å². The number of aliphatic carboxylic acids is 2. The Labute approximate surface area is 434 Å². The number of carbonyl (C=O) groups is 10. The van der Waals surface area contributed by atoms with Gasteiger partial charge in [0.05, 0.1) is 6.42 Å². The van der Waals surface area contributed by atoms with Crippen LogP contribution in [-0.4, -0.2) is 118 Å². The average molecular weight is 1040 g/mol. The summed E-state index contributed by atoms with van der Waals surface area (Å²) < 4.78 is 5.93. The first-order chi connectivity index (χ1) is 34.1. The van der Waals surface area contributed by atoms with Gasteiger partial charge in [0.15, 0.2) is 6.10 Å². The van der Waals surface area contributed by atoms with E-state index in [1.165, 1.54) is 12.8 Å². The summed E-state index contributed by atoms with van der Waals surface area (Å²) in [5.41, 5.74) is 0. The Bertz CT molecular complexity index is 1800. The smallest absolute Gasteiger partial charge is 0.329 e. The number of hydrogen-bond acceptors (Lipinski definition) is 11. The summed E-state index contributed by atoms with van der Waals surface area (Å²) in [6.07, 6.45) is 5.38. The summed E-state index contributed by atoms with van der Waals surface area (Å²) in [4.78, 5) is 137. The van der Waals surface area contributed by atoms with Crippen molar-refractivity contribution in [3.05, 3.63) is 0 Å². The first kappa shape index (κ1) is 65.7. The molecule has 418 valence electrons. The second-order valence-corrected chi connectivity index (χ2v) is 22.4. The number of hydrogen-bond donors (Lipinski definition) is 9. The number of carboxylic acids is 2. The number of rotatable bonds is 25. The number of nitrogens with one attached hydrogen (secondary N) is 7. The van der Waals surface area contributed by atoms with E-state index >= 15 is 0 Å². The summed E-state index contributed by atoms with van der Waals surface area (Å²) in [7, 11) is 0. The highest BCUT2D eigenvalue weighted by atomic mass is 16.5. The van der Waals surface area contributed by atoms with Gasteiger partial charge >= 0.3 is 17.9 Å². The molecular formula is C53H93N7O13. The normalized spacial score (nSPS) is 23.9. The predicted molar refractivity (Wildman–Crippen MR) is 276 cm³/mol. The molecule has 1 rings (SSSR count). The molecule has 9 N–H and O–H groups in total. The molecule has 1 aliphatic rings. The molecule has 7 amide bonds. The van der Waals surface area contributed by atoms with Gasteiger partial charge in [-0.15, -0.1) is 0 Å². The lowest BCUT2D eigenvalue weighted by Gasteiger charge is -2.30. The van der Waals surface area contributed by atoms with Gasteiger partial charge in [0.2, 0.25) is 35.4 Å². The van der Waals surface area contributed by atoms with Crippen LogP contribution in [0, 0.1) is 35.5 Å². The molecule has 0 bridgehead atoms. The molecule has 8 atom stereocenters. The highest BCUT2D eigenvalue weighted by Crippen LogP contribution is 2.18. The molecule has 20 nitrogen and oxygen atoms in total. The maximum Gasteiger partial charge on any atom is 0.329 e. The molecule has 1 saturated heterocycles. The van der Waals surface area contributed by atoms with E-state index in [0.717, 1.165) is 32.1 Å². The molecule has 0 aromatic rings. The summed E-state index contributed by atoms with van der Waals surface area (Å²) >= 11 is 0. The third-order valence-corrected chi connectivity index (χ3v) is 12.4. The molecule has 0 aliphatic carbocycles. The van der Waals surface area contributed by atoms with E-state index in [2.05, 4.69) is 51.1 Å². The molecule has 0 saturated carbocycles. The van der Waals surface area contributed by atoms with Crippen molar-refractivity contribution in [2.24, 2.45) is 35.5 Å². The van der Waals surface area contributed by atoms with Crippen molar-refractivity contribution in [3.63, 3.8) is 0 Å². The fourth-order valence-electron chi connectivity index (χ4n) is 8.53. The standard InChI is InChI=1S/C53H93N7O13/c1-30(2)21-19-17-15-13-14-16-18-20-22-42-51(70)54-36(23-24-43(61)62)46(65)55-37(25-31(3)4)47(66)57-39(27-33(7)8)50(69)60-45(35(11)12)52(71)58-40(29-44(63)64)49(68)56-38(26-32(5)6)48(67)59-41(28-34(9)10)53(72)73-42/h30-42,45H,13-29H2,1-12H3,(H,54,70)(H,55,65)(H,56,68)(H,57,66)(H,58,71)(H,59,67)(H,60,69)(H,61,62)(H,63,64)/t36-,37-,38+,39+,40-,41-,42+,45-/m0/s1. The van der Waals surface area contributed by atoms with Gasteiger partial charge in [-0.2, -0.15) is 0 Å². The molecule has 1 heterocycles. The van der Waals surface area contributed by atoms with E-state index in [0.29, 0.717) is 18.8 Å². The third kappa shape index (κ3) is 27.5. The van der Waals surface area contributed by atoms with Gasteiger partial charge in [0.1, 0.15) is 42.3 Å².